The van der Waals surface area contributed by atoms with Crippen LogP contribution in [-0.2, 0) is 0 Å². The first-order valence-electron chi connectivity index (χ1n) is 5.61. The zero-order chi connectivity index (χ0) is 11.8. The van der Waals surface area contributed by atoms with Crippen molar-refractivity contribution in [2.24, 2.45) is 4.99 Å². The molecule has 1 aromatic carbocycles. The minimum atomic E-state index is 0.588. The summed E-state index contributed by atoms with van der Waals surface area (Å²) in [5.41, 5.74) is 0.971. The number of nitrogens with one attached hydrogen (secondary N) is 1. The molecule has 0 atom stereocenters. The average molecular weight is 292 g/mol. The van der Waals surface area contributed by atoms with Gasteiger partial charge in [-0.25, -0.2) is 0 Å². The number of hydrogen-bond acceptors (Lipinski definition) is 2. The van der Waals surface area contributed by atoms with Gasteiger partial charge in [0.05, 0.1) is 0 Å². The summed E-state index contributed by atoms with van der Waals surface area (Å²) in [5.74, 6) is 0. The van der Waals surface area contributed by atoms with E-state index in [2.05, 4.69) is 45.3 Å². The molecule has 2 aromatic rings. The van der Waals surface area contributed by atoms with Crippen LogP contribution in [0.1, 0.15) is 12.1 Å². The van der Waals surface area contributed by atoms with Crippen molar-refractivity contribution in [1.82, 2.24) is 9.97 Å². The number of nitrogens with zero attached hydrogens (tertiary/aromatic N) is 2. The molecule has 0 unspecified atom stereocenters. The summed E-state index contributed by atoms with van der Waals surface area (Å²) in [6.07, 6.45) is 6.44. The van der Waals surface area contributed by atoms with Crippen LogP contribution in [0.2, 0.25) is 5.32 Å². The molecule has 1 N–H and O–H groups in total. The van der Waals surface area contributed by atoms with Gasteiger partial charge in [0.15, 0.2) is 0 Å². The zero-order valence-corrected chi connectivity index (χ0v) is 11.3. The maximum atomic E-state index is 4.36. The molecule has 3 nitrogen and oxygen atoms in total. The Morgan fingerprint density at radius 1 is 1.29 bits per heavy atom. The van der Waals surface area contributed by atoms with Crippen molar-refractivity contribution >= 4 is 25.6 Å². The van der Waals surface area contributed by atoms with E-state index in [-0.39, 0.29) is 0 Å². The van der Waals surface area contributed by atoms with Crippen LogP contribution in [0.25, 0.3) is 0 Å². The Morgan fingerprint density at radius 2 is 2.18 bits per heavy atom. The first-order valence-corrected chi connectivity index (χ1v) is 7.68. The summed E-state index contributed by atoms with van der Waals surface area (Å²) >= 11 is 0.588. The summed E-state index contributed by atoms with van der Waals surface area (Å²) in [5, 5.41) is 1.25. The number of aromatic nitrogens is 2. The number of H-pyrrole nitrogens is 1. The zero-order valence-electron chi connectivity index (χ0n) is 9.54. The van der Waals surface area contributed by atoms with Crippen molar-refractivity contribution in [2.75, 3.05) is 6.54 Å². The predicted molar refractivity (Wildman–Crippen MR) is 72.3 cm³/mol. The van der Waals surface area contributed by atoms with Crippen LogP contribution >= 0.6 is 0 Å². The fraction of sp³-hybridized carbons (Fsp3) is 0.231. The molecule has 0 amide bonds. The second-order valence-electron chi connectivity index (χ2n) is 3.56. The second kappa shape index (κ2) is 7.04. The van der Waals surface area contributed by atoms with Crippen molar-refractivity contribution in [2.45, 2.75) is 11.7 Å². The third kappa shape index (κ3) is 4.55. The Hall–Kier alpha value is -1.38. The fourth-order valence-electron chi connectivity index (χ4n) is 1.36. The molecule has 0 aliphatic heterocycles. The molecule has 1 heterocycles. The summed E-state index contributed by atoms with van der Waals surface area (Å²) in [7, 11) is 0. The van der Waals surface area contributed by atoms with E-state index in [4.69, 9.17) is 0 Å². The van der Waals surface area contributed by atoms with Crippen LogP contribution < -0.4 is 4.46 Å². The van der Waals surface area contributed by atoms with Crippen molar-refractivity contribution in [3.05, 3.63) is 48.5 Å². The van der Waals surface area contributed by atoms with E-state index in [9.17, 15) is 0 Å². The van der Waals surface area contributed by atoms with Gasteiger partial charge in [-0.1, -0.05) is 0 Å². The van der Waals surface area contributed by atoms with Gasteiger partial charge >= 0.3 is 107 Å². The van der Waals surface area contributed by atoms with E-state index in [1.54, 1.807) is 12.5 Å². The van der Waals surface area contributed by atoms with Crippen molar-refractivity contribution < 1.29 is 0 Å². The molecule has 2 rings (SSSR count). The second-order valence-corrected chi connectivity index (χ2v) is 6.01. The molecule has 4 heteroatoms. The summed E-state index contributed by atoms with van der Waals surface area (Å²) in [6.45, 7) is 0.896. The normalized spacial score (nSPS) is 11.1. The fourth-order valence-corrected chi connectivity index (χ4v) is 3.16. The van der Waals surface area contributed by atoms with Crippen LogP contribution in [0, 0.1) is 0 Å². The molecule has 0 radical (unpaired) electrons. The van der Waals surface area contributed by atoms with Gasteiger partial charge in [0.2, 0.25) is 0 Å². The molecule has 0 aliphatic carbocycles. The van der Waals surface area contributed by atoms with Gasteiger partial charge in [-0.15, -0.1) is 0 Å². The van der Waals surface area contributed by atoms with Crippen molar-refractivity contribution in [1.29, 1.82) is 0 Å². The van der Waals surface area contributed by atoms with Crippen LogP contribution in [0.15, 0.2) is 47.8 Å². The first kappa shape index (κ1) is 12.1. The quantitative estimate of drug-likeness (QED) is 0.491. The molecule has 0 fully saturated rings. The first-order chi connectivity index (χ1) is 8.45. The van der Waals surface area contributed by atoms with Crippen LogP contribution in [0.4, 0.5) is 0 Å². The monoisotopic (exact) mass is 293 g/mol. The number of rotatable bonds is 6. The van der Waals surface area contributed by atoms with Gasteiger partial charge in [0, 0.05) is 0 Å². The van der Waals surface area contributed by atoms with E-state index in [1.165, 1.54) is 9.78 Å². The van der Waals surface area contributed by atoms with E-state index in [0.717, 1.165) is 18.7 Å². The third-order valence-corrected chi connectivity index (χ3v) is 4.50. The Balaban J connectivity index is 1.61. The Morgan fingerprint density at radius 3 is 2.94 bits per heavy atom. The number of benzene rings is 1. The topological polar surface area (TPSA) is 41.0 Å². The molecular formula is C13H15N3Se. The van der Waals surface area contributed by atoms with Gasteiger partial charge in [0.25, 0.3) is 0 Å². The summed E-state index contributed by atoms with van der Waals surface area (Å²) in [6, 6.07) is 10.7. The van der Waals surface area contributed by atoms with Crippen molar-refractivity contribution in [3.8, 4) is 0 Å². The van der Waals surface area contributed by atoms with Crippen molar-refractivity contribution in [3.63, 3.8) is 0 Å². The van der Waals surface area contributed by atoms with Gasteiger partial charge in [-0.3, -0.25) is 0 Å². The van der Waals surface area contributed by atoms with E-state index in [1.807, 2.05) is 6.21 Å². The van der Waals surface area contributed by atoms with E-state index >= 15 is 0 Å². The summed E-state index contributed by atoms with van der Waals surface area (Å²) in [4.78, 5) is 11.3. The average Bonchev–Trinajstić information content (AvgIpc) is 2.88. The number of aromatic amines is 1. The van der Waals surface area contributed by atoms with Gasteiger partial charge < -0.3 is 0 Å². The predicted octanol–water partition coefficient (Wildman–Crippen LogP) is 1.67. The van der Waals surface area contributed by atoms with Crippen LogP contribution in [0.5, 0.6) is 0 Å². The molecule has 0 aliphatic rings. The van der Waals surface area contributed by atoms with E-state index < -0.39 is 0 Å². The Bertz CT molecular complexity index is 437. The molecule has 0 saturated carbocycles. The van der Waals surface area contributed by atoms with Crippen LogP contribution in [-0.4, -0.2) is 37.7 Å². The number of aliphatic imine (C=N–C) groups is 1. The molecule has 17 heavy (non-hydrogen) atoms. The molecule has 0 spiro atoms. The maximum absolute atomic E-state index is 4.36. The molecule has 88 valence electrons. The summed E-state index contributed by atoms with van der Waals surface area (Å²) < 4.78 is 1.47. The molecule has 1 aromatic heterocycles. The molecule has 0 bridgehead atoms. The number of hydrogen-bond donors (Lipinski definition) is 1. The molecular weight excluding hydrogens is 277 g/mol. The Kier molecular flexibility index (Phi) is 5.01. The van der Waals surface area contributed by atoms with Crippen LogP contribution in [0.3, 0.4) is 0 Å². The number of imidazole rings is 1. The minimum absolute atomic E-state index is 0.588. The molecule has 0 saturated heterocycles. The van der Waals surface area contributed by atoms with Gasteiger partial charge in [0.1, 0.15) is 0 Å². The Labute approximate surface area is 108 Å². The third-order valence-electron chi connectivity index (χ3n) is 2.19. The van der Waals surface area contributed by atoms with E-state index in [0.29, 0.717) is 15.0 Å². The van der Waals surface area contributed by atoms with Gasteiger partial charge in [-0.05, 0) is 0 Å². The standard InChI is InChI=1S/C13H15N3Se/c1-2-5-13(6-3-1)17-8-4-7-14-9-12-10-15-11-16-12/h1-3,5-6,9-11H,4,7-8H2,(H,15,16). The van der Waals surface area contributed by atoms with Gasteiger partial charge in [-0.2, -0.15) is 0 Å². The SMILES string of the molecule is C(=NCCC[Se]c1ccccc1)c1cnc[nH]1.